The van der Waals surface area contributed by atoms with E-state index in [0.29, 0.717) is 38.0 Å². The highest BCUT2D eigenvalue weighted by molar-refractivity contribution is 6.03. The number of hydrogen-bond donors (Lipinski definition) is 0. The lowest BCUT2D eigenvalue weighted by Crippen LogP contribution is -2.40. The number of carbonyl (C=O) groups is 3. The SMILES string of the molecule is CCOC(=O)C(CC1=C2CC[C@@H](OC(C)(C)C)[C@]2(C)CCC1=O)C(=O)CCCC1(C)OCCO1. The van der Waals surface area contributed by atoms with Gasteiger partial charge in [0.25, 0.3) is 0 Å². The minimum absolute atomic E-state index is 0.0227. The number of Topliss-reactive ketones (excluding diaryl/α,β-unsaturated/α-hetero) is 2. The highest BCUT2D eigenvalue weighted by Gasteiger charge is 2.50. The molecule has 0 spiro atoms. The normalized spacial score (nSPS) is 27.6. The second-order valence-electron chi connectivity index (χ2n) is 11.2. The lowest BCUT2D eigenvalue weighted by molar-refractivity contribution is -0.152. The minimum Gasteiger partial charge on any atom is -0.465 e. The molecule has 34 heavy (non-hydrogen) atoms. The van der Waals surface area contributed by atoms with Crippen LogP contribution in [0.2, 0.25) is 0 Å². The van der Waals surface area contributed by atoms with Crippen LogP contribution >= 0.6 is 0 Å². The zero-order chi connectivity index (χ0) is 25.1. The molecule has 0 amide bonds. The van der Waals surface area contributed by atoms with Gasteiger partial charge in [-0.3, -0.25) is 14.4 Å². The summed E-state index contributed by atoms with van der Waals surface area (Å²) in [6.07, 6.45) is 4.23. The smallest absolute Gasteiger partial charge is 0.316 e. The predicted octanol–water partition coefficient (Wildman–Crippen LogP) is 4.70. The summed E-state index contributed by atoms with van der Waals surface area (Å²) in [5, 5.41) is 0. The van der Waals surface area contributed by atoms with E-state index in [-0.39, 0.29) is 48.1 Å². The van der Waals surface area contributed by atoms with Gasteiger partial charge >= 0.3 is 5.97 Å². The number of esters is 1. The van der Waals surface area contributed by atoms with Crippen LogP contribution in [0.25, 0.3) is 0 Å². The summed E-state index contributed by atoms with van der Waals surface area (Å²) >= 11 is 0. The standard InChI is InChI=1S/C27H42O7/c1-7-31-24(30)19(21(28)9-8-13-27(6)32-15-16-33-27)17-18-20-10-11-23(34-25(2,3)4)26(20,5)14-12-22(18)29/h19,23H,7-17H2,1-6H3/t19?,23-,26-/m1/s1. The van der Waals surface area contributed by atoms with Crippen LogP contribution in [0.3, 0.4) is 0 Å². The van der Waals surface area contributed by atoms with Gasteiger partial charge in [0.1, 0.15) is 11.7 Å². The van der Waals surface area contributed by atoms with Gasteiger partial charge in [-0.15, -0.1) is 0 Å². The van der Waals surface area contributed by atoms with E-state index in [0.717, 1.165) is 24.8 Å². The van der Waals surface area contributed by atoms with E-state index in [1.165, 1.54) is 0 Å². The Kier molecular flexibility index (Phi) is 8.42. The molecule has 0 aromatic carbocycles. The van der Waals surface area contributed by atoms with Crippen molar-refractivity contribution >= 4 is 17.5 Å². The van der Waals surface area contributed by atoms with Crippen molar-refractivity contribution < 1.29 is 33.3 Å². The third kappa shape index (κ3) is 6.16. The summed E-state index contributed by atoms with van der Waals surface area (Å²) in [7, 11) is 0. The maximum absolute atomic E-state index is 13.2. The summed E-state index contributed by atoms with van der Waals surface area (Å²) in [5.41, 5.74) is 1.19. The van der Waals surface area contributed by atoms with E-state index >= 15 is 0 Å². The van der Waals surface area contributed by atoms with E-state index in [9.17, 15) is 14.4 Å². The van der Waals surface area contributed by atoms with Crippen molar-refractivity contribution in [3.63, 3.8) is 0 Å². The van der Waals surface area contributed by atoms with E-state index in [1.54, 1.807) is 6.92 Å². The molecule has 0 aromatic heterocycles. The summed E-state index contributed by atoms with van der Waals surface area (Å²) < 4.78 is 22.9. The van der Waals surface area contributed by atoms with Crippen molar-refractivity contribution in [2.45, 2.75) is 110 Å². The highest BCUT2D eigenvalue weighted by atomic mass is 16.7. The molecule has 1 saturated carbocycles. The molecular formula is C27H42O7. The van der Waals surface area contributed by atoms with Gasteiger partial charge < -0.3 is 18.9 Å². The predicted molar refractivity (Wildman–Crippen MR) is 127 cm³/mol. The molecular weight excluding hydrogens is 436 g/mol. The number of ketones is 2. The van der Waals surface area contributed by atoms with E-state index in [1.807, 2.05) is 27.7 Å². The van der Waals surface area contributed by atoms with Crippen molar-refractivity contribution in [1.82, 2.24) is 0 Å². The van der Waals surface area contributed by atoms with Gasteiger partial charge in [0.15, 0.2) is 11.6 Å². The second kappa shape index (κ2) is 10.6. The molecule has 7 nitrogen and oxygen atoms in total. The Bertz CT molecular complexity index is 815. The van der Waals surface area contributed by atoms with E-state index in [4.69, 9.17) is 18.9 Å². The van der Waals surface area contributed by atoms with Crippen LogP contribution in [0.15, 0.2) is 11.1 Å². The Balaban J connectivity index is 1.78. The van der Waals surface area contributed by atoms with Gasteiger partial charge in [0, 0.05) is 24.7 Å². The molecule has 1 heterocycles. The maximum atomic E-state index is 13.2. The number of allylic oxidation sites excluding steroid dienone is 1. The van der Waals surface area contributed by atoms with Gasteiger partial charge in [0.05, 0.1) is 31.5 Å². The molecule has 0 bridgehead atoms. The minimum atomic E-state index is -0.963. The molecule has 2 fully saturated rings. The van der Waals surface area contributed by atoms with E-state index in [2.05, 4.69) is 6.92 Å². The van der Waals surface area contributed by atoms with Crippen molar-refractivity contribution in [2.24, 2.45) is 11.3 Å². The first-order chi connectivity index (χ1) is 15.9. The average molecular weight is 479 g/mol. The second-order valence-corrected chi connectivity index (χ2v) is 11.2. The van der Waals surface area contributed by atoms with Crippen LogP contribution in [0.5, 0.6) is 0 Å². The summed E-state index contributed by atoms with van der Waals surface area (Å²) in [5.74, 6) is -2.31. The first-order valence-corrected chi connectivity index (χ1v) is 12.8. The topological polar surface area (TPSA) is 88.1 Å². The Morgan fingerprint density at radius 1 is 1.15 bits per heavy atom. The number of carbonyl (C=O) groups excluding carboxylic acids is 3. The molecule has 1 saturated heterocycles. The first kappa shape index (κ1) is 27.0. The fourth-order valence-corrected chi connectivity index (χ4v) is 5.66. The fraction of sp³-hybridized carbons (Fsp3) is 0.815. The summed E-state index contributed by atoms with van der Waals surface area (Å²) in [4.78, 5) is 39.1. The molecule has 2 aliphatic carbocycles. The van der Waals surface area contributed by atoms with Crippen LogP contribution in [-0.4, -0.2) is 54.8 Å². The molecule has 192 valence electrons. The molecule has 1 aliphatic heterocycles. The lowest BCUT2D eigenvalue weighted by atomic mass is 9.69. The Hall–Kier alpha value is -1.57. The number of fused-ring (bicyclic) bond motifs is 1. The molecule has 3 atom stereocenters. The fourth-order valence-electron chi connectivity index (χ4n) is 5.66. The Morgan fingerprint density at radius 2 is 1.82 bits per heavy atom. The summed E-state index contributed by atoms with van der Waals surface area (Å²) in [6.45, 7) is 13.2. The molecule has 3 rings (SSSR count). The largest absolute Gasteiger partial charge is 0.465 e. The molecule has 0 aromatic rings. The molecule has 0 radical (unpaired) electrons. The van der Waals surface area contributed by atoms with Crippen LogP contribution in [0.1, 0.15) is 92.9 Å². The average Bonchev–Trinajstić information content (AvgIpc) is 3.31. The molecule has 3 aliphatic rings. The molecule has 1 unspecified atom stereocenters. The number of rotatable bonds is 10. The van der Waals surface area contributed by atoms with Crippen LogP contribution in [0, 0.1) is 11.3 Å². The van der Waals surface area contributed by atoms with Crippen LogP contribution in [0.4, 0.5) is 0 Å². The quantitative estimate of drug-likeness (QED) is 0.332. The van der Waals surface area contributed by atoms with Crippen LogP contribution < -0.4 is 0 Å². The van der Waals surface area contributed by atoms with Gasteiger partial charge in [-0.1, -0.05) is 12.5 Å². The Labute approximate surface area is 203 Å². The Morgan fingerprint density at radius 3 is 2.44 bits per heavy atom. The van der Waals surface area contributed by atoms with E-state index < -0.39 is 17.7 Å². The van der Waals surface area contributed by atoms with Gasteiger partial charge in [0.2, 0.25) is 0 Å². The van der Waals surface area contributed by atoms with Gasteiger partial charge in [-0.2, -0.15) is 0 Å². The van der Waals surface area contributed by atoms with Crippen LogP contribution in [-0.2, 0) is 33.3 Å². The third-order valence-corrected chi connectivity index (χ3v) is 7.44. The maximum Gasteiger partial charge on any atom is 0.316 e. The van der Waals surface area contributed by atoms with Gasteiger partial charge in [-0.05, 0) is 72.3 Å². The monoisotopic (exact) mass is 478 g/mol. The highest BCUT2D eigenvalue weighted by Crippen LogP contribution is 2.53. The van der Waals surface area contributed by atoms with Crippen molar-refractivity contribution in [1.29, 1.82) is 0 Å². The van der Waals surface area contributed by atoms with Crippen molar-refractivity contribution in [3.8, 4) is 0 Å². The lowest BCUT2D eigenvalue weighted by Gasteiger charge is -2.40. The summed E-state index contributed by atoms with van der Waals surface area (Å²) in [6, 6.07) is 0. The zero-order valence-corrected chi connectivity index (χ0v) is 21.8. The third-order valence-electron chi connectivity index (χ3n) is 7.44. The number of ether oxygens (including phenoxy) is 4. The van der Waals surface area contributed by atoms with Gasteiger partial charge in [-0.25, -0.2) is 0 Å². The molecule has 7 heteroatoms. The number of hydrogen-bond acceptors (Lipinski definition) is 7. The van der Waals surface area contributed by atoms with Crippen molar-refractivity contribution in [3.05, 3.63) is 11.1 Å². The van der Waals surface area contributed by atoms with Crippen molar-refractivity contribution in [2.75, 3.05) is 19.8 Å². The first-order valence-electron chi connectivity index (χ1n) is 12.8. The zero-order valence-electron chi connectivity index (χ0n) is 21.8. The molecule has 0 N–H and O–H groups in total.